The van der Waals surface area contributed by atoms with Crippen LogP contribution in [0.15, 0.2) is 23.2 Å². The Morgan fingerprint density at radius 2 is 2.04 bits per heavy atom. The van der Waals surface area contributed by atoms with Crippen molar-refractivity contribution in [1.82, 2.24) is 15.5 Å². The predicted molar refractivity (Wildman–Crippen MR) is 102 cm³/mol. The summed E-state index contributed by atoms with van der Waals surface area (Å²) in [5.74, 6) is 0.844. The zero-order valence-electron chi connectivity index (χ0n) is 15.2. The van der Waals surface area contributed by atoms with E-state index in [1.807, 2.05) is 32.8 Å². The van der Waals surface area contributed by atoms with Crippen LogP contribution < -0.4 is 10.6 Å². The maximum atomic E-state index is 14.1. The van der Waals surface area contributed by atoms with Crippen LogP contribution >= 0.6 is 11.8 Å². The van der Waals surface area contributed by atoms with Gasteiger partial charge in [0.05, 0.1) is 12.6 Å². The summed E-state index contributed by atoms with van der Waals surface area (Å²) >= 11 is 1.98. The minimum atomic E-state index is -0.533. The van der Waals surface area contributed by atoms with Gasteiger partial charge >= 0.3 is 0 Å². The van der Waals surface area contributed by atoms with E-state index in [1.165, 1.54) is 36.8 Å². The van der Waals surface area contributed by atoms with Gasteiger partial charge in [0.15, 0.2) is 5.96 Å². The summed E-state index contributed by atoms with van der Waals surface area (Å²) in [6.07, 6.45) is 2.48. The molecule has 0 radical (unpaired) electrons. The molecule has 1 saturated heterocycles. The third kappa shape index (κ3) is 5.85. The van der Waals surface area contributed by atoms with Gasteiger partial charge in [0.25, 0.3) is 0 Å². The van der Waals surface area contributed by atoms with Crippen molar-refractivity contribution in [3.05, 3.63) is 35.4 Å². The first-order valence-electron chi connectivity index (χ1n) is 8.77. The first kappa shape index (κ1) is 20.0. The van der Waals surface area contributed by atoms with E-state index >= 15 is 0 Å². The molecule has 1 aromatic rings. The topological polar surface area (TPSA) is 39.7 Å². The van der Waals surface area contributed by atoms with Crippen LogP contribution in [-0.2, 0) is 0 Å². The summed E-state index contributed by atoms with van der Waals surface area (Å²) in [7, 11) is 3.61. The fourth-order valence-electron chi connectivity index (χ4n) is 2.88. The third-order valence-electron chi connectivity index (χ3n) is 4.24. The second-order valence-corrected chi connectivity index (χ2v) is 7.76. The van der Waals surface area contributed by atoms with Crippen molar-refractivity contribution in [2.45, 2.75) is 31.1 Å². The number of rotatable bonds is 7. The van der Waals surface area contributed by atoms with Gasteiger partial charge in [-0.05, 0) is 51.7 Å². The van der Waals surface area contributed by atoms with E-state index in [0.717, 1.165) is 13.1 Å². The molecule has 140 valence electrons. The van der Waals surface area contributed by atoms with Crippen molar-refractivity contribution in [3.8, 4) is 0 Å². The molecule has 0 aliphatic carbocycles. The number of guanidine groups is 1. The molecule has 2 unspecified atom stereocenters. The van der Waals surface area contributed by atoms with E-state index in [0.29, 0.717) is 11.2 Å². The summed E-state index contributed by atoms with van der Waals surface area (Å²) in [6, 6.07) is 3.51. The number of hydrogen-bond donors (Lipinski definition) is 2. The maximum absolute atomic E-state index is 14.1. The van der Waals surface area contributed by atoms with E-state index in [-0.39, 0.29) is 12.1 Å². The number of halogens is 2. The molecule has 0 saturated carbocycles. The molecule has 7 heteroatoms. The molecule has 0 bridgehead atoms. The molecule has 0 spiro atoms. The van der Waals surface area contributed by atoms with Crippen molar-refractivity contribution in [2.24, 2.45) is 4.99 Å². The molecule has 1 aromatic carbocycles. The number of aliphatic imine (C=N–C) groups is 1. The lowest BCUT2D eigenvalue weighted by Crippen LogP contribution is -2.40. The summed E-state index contributed by atoms with van der Waals surface area (Å²) < 4.78 is 28.3. The first-order valence-corrected chi connectivity index (χ1v) is 9.82. The largest absolute Gasteiger partial charge is 0.357 e. The quantitative estimate of drug-likeness (QED) is 0.572. The Hall–Kier alpha value is -1.34. The minimum absolute atomic E-state index is 0.0680. The molecule has 1 aliphatic heterocycles. The van der Waals surface area contributed by atoms with E-state index in [1.54, 1.807) is 4.90 Å². The molecule has 2 atom stereocenters. The third-order valence-corrected chi connectivity index (χ3v) is 5.64. The van der Waals surface area contributed by atoms with Crippen LogP contribution in [0.2, 0.25) is 0 Å². The number of benzene rings is 1. The Bertz CT molecular complexity index is 554. The van der Waals surface area contributed by atoms with E-state index in [2.05, 4.69) is 15.6 Å². The van der Waals surface area contributed by atoms with Crippen molar-refractivity contribution < 1.29 is 8.78 Å². The second kappa shape index (κ2) is 9.97. The van der Waals surface area contributed by atoms with Gasteiger partial charge in [-0.3, -0.25) is 4.99 Å². The number of nitrogens with one attached hydrogen (secondary N) is 2. The molecule has 0 aromatic heterocycles. The average molecular weight is 371 g/mol. The van der Waals surface area contributed by atoms with Crippen LogP contribution in [-0.4, -0.2) is 55.6 Å². The van der Waals surface area contributed by atoms with Crippen molar-refractivity contribution >= 4 is 17.7 Å². The highest BCUT2D eigenvalue weighted by atomic mass is 32.2. The van der Waals surface area contributed by atoms with Crippen LogP contribution in [0.3, 0.4) is 0 Å². The van der Waals surface area contributed by atoms with Gasteiger partial charge in [-0.1, -0.05) is 6.07 Å². The Morgan fingerprint density at radius 3 is 2.60 bits per heavy atom. The van der Waals surface area contributed by atoms with Crippen LogP contribution in [0.5, 0.6) is 0 Å². The lowest BCUT2D eigenvalue weighted by atomic mass is 10.0. The SMILES string of the molecule is CCNC(=NCC(c1c(F)cccc1F)N(C)C)NCC1CCCS1. The van der Waals surface area contributed by atoms with Crippen LogP contribution in [0.4, 0.5) is 8.78 Å². The minimum Gasteiger partial charge on any atom is -0.357 e. The predicted octanol–water partition coefficient (Wildman–Crippen LogP) is 3.02. The fraction of sp³-hybridized carbons (Fsp3) is 0.611. The molecule has 1 heterocycles. The highest BCUT2D eigenvalue weighted by molar-refractivity contribution is 8.00. The standard InChI is InChI=1S/C18H28F2N4S/c1-4-21-18(22-11-13-7-6-10-25-13)23-12-16(24(2)3)17-14(19)8-5-9-15(17)20/h5,8-9,13,16H,4,6-7,10-12H2,1-3H3,(H2,21,22,23). The number of thioether (sulfide) groups is 1. The van der Waals surface area contributed by atoms with Crippen LogP contribution in [0.25, 0.3) is 0 Å². The highest BCUT2D eigenvalue weighted by Gasteiger charge is 2.22. The smallest absolute Gasteiger partial charge is 0.191 e. The molecule has 1 fully saturated rings. The summed E-state index contributed by atoms with van der Waals surface area (Å²) in [4.78, 5) is 6.36. The average Bonchev–Trinajstić information content (AvgIpc) is 3.08. The molecule has 2 rings (SSSR count). The molecule has 1 aliphatic rings. The van der Waals surface area contributed by atoms with Gasteiger partial charge in [0, 0.05) is 23.9 Å². The molecule has 2 N–H and O–H groups in total. The zero-order chi connectivity index (χ0) is 18.2. The molecular formula is C18H28F2N4S. The van der Waals surface area contributed by atoms with E-state index < -0.39 is 17.7 Å². The Morgan fingerprint density at radius 1 is 1.32 bits per heavy atom. The van der Waals surface area contributed by atoms with Crippen molar-refractivity contribution in [2.75, 3.05) is 39.5 Å². The second-order valence-electron chi connectivity index (χ2n) is 6.35. The number of nitrogens with zero attached hydrogens (tertiary/aromatic N) is 2. The first-order chi connectivity index (χ1) is 12.0. The summed E-state index contributed by atoms with van der Waals surface area (Å²) in [5, 5.41) is 7.16. The maximum Gasteiger partial charge on any atom is 0.191 e. The van der Waals surface area contributed by atoms with Gasteiger partial charge in [0.2, 0.25) is 0 Å². The lowest BCUT2D eigenvalue weighted by molar-refractivity contribution is 0.290. The van der Waals surface area contributed by atoms with Gasteiger partial charge in [-0.25, -0.2) is 8.78 Å². The van der Waals surface area contributed by atoms with Crippen molar-refractivity contribution in [3.63, 3.8) is 0 Å². The highest BCUT2D eigenvalue weighted by Crippen LogP contribution is 2.26. The molecule has 25 heavy (non-hydrogen) atoms. The van der Waals surface area contributed by atoms with E-state index in [4.69, 9.17) is 0 Å². The molecular weight excluding hydrogens is 342 g/mol. The lowest BCUT2D eigenvalue weighted by Gasteiger charge is -2.24. The molecule has 4 nitrogen and oxygen atoms in total. The van der Waals surface area contributed by atoms with Crippen molar-refractivity contribution in [1.29, 1.82) is 0 Å². The Balaban J connectivity index is 2.08. The van der Waals surface area contributed by atoms with Gasteiger partial charge in [-0.15, -0.1) is 0 Å². The van der Waals surface area contributed by atoms with Gasteiger partial charge < -0.3 is 15.5 Å². The zero-order valence-corrected chi connectivity index (χ0v) is 16.0. The van der Waals surface area contributed by atoms with Gasteiger partial charge in [0.1, 0.15) is 11.6 Å². The summed E-state index contributed by atoms with van der Waals surface area (Å²) in [6.45, 7) is 3.88. The van der Waals surface area contributed by atoms with Gasteiger partial charge in [-0.2, -0.15) is 11.8 Å². The van der Waals surface area contributed by atoms with Crippen LogP contribution in [0, 0.1) is 11.6 Å². The Kier molecular flexibility index (Phi) is 7.96. The normalized spacial score (nSPS) is 19.3. The van der Waals surface area contributed by atoms with E-state index in [9.17, 15) is 8.78 Å². The Labute approximate surface area is 153 Å². The number of hydrogen-bond acceptors (Lipinski definition) is 3. The summed E-state index contributed by atoms with van der Waals surface area (Å²) in [5.41, 5.74) is 0.0680. The van der Waals surface area contributed by atoms with Crippen LogP contribution in [0.1, 0.15) is 31.4 Å². The molecule has 0 amide bonds. The number of likely N-dealkylation sites (N-methyl/N-ethyl adjacent to an activating group) is 1. The fourth-order valence-corrected chi connectivity index (χ4v) is 4.08. The monoisotopic (exact) mass is 370 g/mol.